The van der Waals surface area contributed by atoms with Gasteiger partial charge in [-0.15, -0.1) is 0 Å². The van der Waals surface area contributed by atoms with Gasteiger partial charge in [0.15, 0.2) is 0 Å². The molecule has 2 nitrogen and oxygen atoms in total. The van der Waals surface area contributed by atoms with Crippen LogP contribution in [0.4, 0.5) is 0 Å². The molecule has 0 aromatic carbocycles. The Morgan fingerprint density at radius 2 is 0.905 bits per heavy atom. The van der Waals surface area contributed by atoms with Gasteiger partial charge in [-0.3, -0.25) is 4.79 Å². The number of unbranched alkanes of at least 4 members (excludes halogenated alkanes) is 21. The maximum absolute atomic E-state index is 11.9. The van der Waals surface area contributed by atoms with Crippen LogP contribution in [0.25, 0.3) is 0 Å². The predicted molar refractivity (Wildman–Crippen MR) is 188 cm³/mol. The summed E-state index contributed by atoms with van der Waals surface area (Å²) in [6.07, 6.45) is 49.3. The molecule has 0 amide bonds. The summed E-state index contributed by atoms with van der Waals surface area (Å²) in [5.74, 6) is 0.886. The fourth-order valence-electron chi connectivity index (χ4n) is 5.45. The summed E-state index contributed by atoms with van der Waals surface area (Å²) >= 11 is 0. The van der Waals surface area contributed by atoms with Crippen LogP contribution in [0.1, 0.15) is 201 Å². The lowest BCUT2D eigenvalue weighted by molar-refractivity contribution is -0.143. The lowest BCUT2D eigenvalue weighted by Gasteiger charge is -2.06. The van der Waals surface area contributed by atoms with Crippen molar-refractivity contribution in [2.75, 3.05) is 6.61 Å². The van der Waals surface area contributed by atoms with E-state index in [4.69, 9.17) is 4.74 Å². The van der Waals surface area contributed by atoms with Gasteiger partial charge in [0, 0.05) is 6.42 Å². The molecule has 0 atom stereocenters. The number of ether oxygens (including phenoxy) is 1. The molecule has 0 rings (SSSR count). The van der Waals surface area contributed by atoms with Crippen molar-refractivity contribution in [3.8, 4) is 0 Å². The first-order valence-corrected chi connectivity index (χ1v) is 18.8. The van der Waals surface area contributed by atoms with Crippen molar-refractivity contribution in [3.63, 3.8) is 0 Å². The molecule has 0 aliphatic rings. The Morgan fingerprint density at radius 1 is 0.500 bits per heavy atom. The van der Waals surface area contributed by atoms with Gasteiger partial charge in [-0.2, -0.15) is 0 Å². The largest absolute Gasteiger partial charge is 0.466 e. The van der Waals surface area contributed by atoms with E-state index in [1.807, 2.05) is 0 Å². The molecule has 0 fully saturated rings. The summed E-state index contributed by atoms with van der Waals surface area (Å²) in [5.41, 5.74) is 0. The van der Waals surface area contributed by atoms with E-state index in [1.54, 1.807) is 0 Å². The number of allylic oxidation sites excluding steroid dienone is 6. The van der Waals surface area contributed by atoms with Crippen LogP contribution in [0.2, 0.25) is 0 Å². The molecule has 2 heteroatoms. The third-order valence-corrected chi connectivity index (χ3v) is 8.22. The van der Waals surface area contributed by atoms with Crippen LogP contribution < -0.4 is 0 Å². The molecule has 0 aromatic rings. The molecule has 0 saturated carbocycles. The second kappa shape index (κ2) is 35.9. The van der Waals surface area contributed by atoms with Crippen LogP contribution in [0.5, 0.6) is 0 Å². The molecule has 0 unspecified atom stereocenters. The van der Waals surface area contributed by atoms with Gasteiger partial charge in [0.05, 0.1) is 6.61 Å². The van der Waals surface area contributed by atoms with Gasteiger partial charge < -0.3 is 4.74 Å². The van der Waals surface area contributed by atoms with Crippen molar-refractivity contribution in [1.29, 1.82) is 0 Å². The van der Waals surface area contributed by atoms with E-state index >= 15 is 0 Å². The Labute approximate surface area is 264 Å². The minimum atomic E-state index is 0.00766. The van der Waals surface area contributed by atoms with Crippen LogP contribution in [0.15, 0.2) is 36.5 Å². The third-order valence-electron chi connectivity index (χ3n) is 8.22. The lowest BCUT2D eigenvalue weighted by atomic mass is 10.0. The van der Waals surface area contributed by atoms with E-state index in [-0.39, 0.29) is 5.97 Å². The maximum Gasteiger partial charge on any atom is 0.305 e. The fraction of sp³-hybridized carbons (Fsp3) is 0.825. The highest BCUT2D eigenvalue weighted by atomic mass is 16.5. The number of hydrogen-bond donors (Lipinski definition) is 0. The standard InChI is InChI=1S/C40H74O2/c1-4-5-6-7-8-9-10-11-15-19-22-25-28-31-34-37-40(41)42-38-35-32-29-26-23-20-17-14-12-13-16-18-21-24-27-30-33-36-39(2)3/h5-6,8-9,11,15,39H,4,7,10,12-14,16-38H2,1-3H3/b6-5-,9-8-,15-11-. The second-order valence-corrected chi connectivity index (χ2v) is 13.0. The van der Waals surface area contributed by atoms with E-state index in [9.17, 15) is 4.79 Å². The molecule has 0 saturated heterocycles. The molecule has 0 aliphatic heterocycles. The van der Waals surface area contributed by atoms with Crippen molar-refractivity contribution in [2.24, 2.45) is 5.92 Å². The van der Waals surface area contributed by atoms with Crippen molar-refractivity contribution in [1.82, 2.24) is 0 Å². The van der Waals surface area contributed by atoms with E-state index in [0.717, 1.165) is 44.4 Å². The molecule has 246 valence electrons. The second-order valence-electron chi connectivity index (χ2n) is 13.0. The van der Waals surface area contributed by atoms with Crippen molar-refractivity contribution in [2.45, 2.75) is 201 Å². The topological polar surface area (TPSA) is 26.3 Å². The zero-order valence-corrected chi connectivity index (χ0v) is 28.9. The minimum absolute atomic E-state index is 0.00766. The van der Waals surface area contributed by atoms with Gasteiger partial charge in [0.1, 0.15) is 0 Å². The van der Waals surface area contributed by atoms with Gasteiger partial charge in [-0.25, -0.2) is 0 Å². The summed E-state index contributed by atoms with van der Waals surface area (Å²) in [4.78, 5) is 11.9. The third kappa shape index (κ3) is 36.7. The van der Waals surface area contributed by atoms with E-state index in [1.165, 1.54) is 135 Å². The molecule has 0 N–H and O–H groups in total. The monoisotopic (exact) mass is 587 g/mol. The van der Waals surface area contributed by atoms with Gasteiger partial charge in [-0.05, 0) is 50.9 Å². The summed E-state index contributed by atoms with van der Waals surface area (Å²) in [6.45, 7) is 7.46. The van der Waals surface area contributed by atoms with Crippen LogP contribution in [-0.2, 0) is 9.53 Å². The fourth-order valence-corrected chi connectivity index (χ4v) is 5.45. The average molecular weight is 587 g/mol. The molecule has 0 radical (unpaired) electrons. The zero-order valence-electron chi connectivity index (χ0n) is 28.9. The number of esters is 1. The highest BCUT2D eigenvalue weighted by molar-refractivity contribution is 5.69. The molecule has 0 bridgehead atoms. The molecule has 42 heavy (non-hydrogen) atoms. The van der Waals surface area contributed by atoms with Gasteiger partial charge in [0.2, 0.25) is 0 Å². The van der Waals surface area contributed by atoms with Gasteiger partial charge in [0.25, 0.3) is 0 Å². The van der Waals surface area contributed by atoms with Gasteiger partial charge in [-0.1, -0.05) is 186 Å². The Hall–Kier alpha value is -1.31. The number of rotatable bonds is 33. The summed E-state index contributed by atoms with van der Waals surface area (Å²) < 4.78 is 5.44. The Balaban J connectivity index is 3.22. The van der Waals surface area contributed by atoms with Gasteiger partial charge >= 0.3 is 5.97 Å². The Kier molecular flexibility index (Phi) is 34.8. The molecule has 0 spiro atoms. The van der Waals surface area contributed by atoms with Crippen molar-refractivity contribution >= 4 is 5.97 Å². The van der Waals surface area contributed by atoms with Crippen LogP contribution in [0, 0.1) is 5.92 Å². The smallest absolute Gasteiger partial charge is 0.305 e. The SMILES string of the molecule is CC/C=C\C/C=C\C/C=C\CCCCCCCC(=O)OCCCCCCCCCCCCCCCCCCCC(C)C. The average Bonchev–Trinajstić information content (AvgIpc) is 2.98. The highest BCUT2D eigenvalue weighted by Gasteiger charge is 2.02. The quantitative estimate of drug-likeness (QED) is 0.0434. The van der Waals surface area contributed by atoms with Crippen molar-refractivity contribution in [3.05, 3.63) is 36.5 Å². The molecular weight excluding hydrogens is 512 g/mol. The van der Waals surface area contributed by atoms with E-state index in [0.29, 0.717) is 13.0 Å². The first-order valence-electron chi connectivity index (χ1n) is 18.8. The summed E-state index contributed by atoms with van der Waals surface area (Å²) in [5, 5.41) is 0. The van der Waals surface area contributed by atoms with Crippen LogP contribution >= 0.6 is 0 Å². The number of hydrogen-bond acceptors (Lipinski definition) is 2. The predicted octanol–water partition coefficient (Wildman–Crippen LogP) is 13.8. The maximum atomic E-state index is 11.9. The van der Waals surface area contributed by atoms with E-state index in [2.05, 4.69) is 57.2 Å². The van der Waals surface area contributed by atoms with E-state index < -0.39 is 0 Å². The first-order chi connectivity index (χ1) is 20.7. The summed E-state index contributed by atoms with van der Waals surface area (Å²) in [7, 11) is 0. The molecule has 0 aliphatic carbocycles. The highest BCUT2D eigenvalue weighted by Crippen LogP contribution is 2.15. The van der Waals surface area contributed by atoms with Crippen LogP contribution in [-0.4, -0.2) is 12.6 Å². The number of carbonyl (C=O) groups excluding carboxylic acids is 1. The van der Waals surface area contributed by atoms with Crippen LogP contribution in [0.3, 0.4) is 0 Å². The minimum Gasteiger partial charge on any atom is -0.466 e. The lowest BCUT2D eigenvalue weighted by Crippen LogP contribution is -2.05. The van der Waals surface area contributed by atoms with Crippen molar-refractivity contribution < 1.29 is 9.53 Å². The molecule has 0 heterocycles. The zero-order chi connectivity index (χ0) is 30.6. The molecular formula is C40H74O2. The Bertz CT molecular complexity index is 615. The number of carbonyl (C=O) groups is 1. The first kappa shape index (κ1) is 40.7. The normalized spacial score (nSPS) is 12.1. The Morgan fingerprint density at radius 3 is 1.40 bits per heavy atom. The summed E-state index contributed by atoms with van der Waals surface area (Å²) in [6, 6.07) is 0. The molecule has 0 aromatic heterocycles.